The molecule has 0 bridgehead atoms. The summed E-state index contributed by atoms with van der Waals surface area (Å²) in [5, 5.41) is 64.7. The summed E-state index contributed by atoms with van der Waals surface area (Å²) in [4.78, 5) is 0. The van der Waals surface area contributed by atoms with E-state index < -0.39 is 62.7 Å². The Morgan fingerprint density at radius 2 is 1.58 bits per heavy atom. The highest BCUT2D eigenvalue weighted by atomic mass is 16.7. The third kappa shape index (κ3) is 3.81. The van der Waals surface area contributed by atoms with E-state index in [4.69, 9.17) is 24.8 Å². The van der Waals surface area contributed by atoms with Crippen molar-refractivity contribution in [2.45, 2.75) is 42.9 Å². The Labute approximate surface area is 109 Å². The van der Waals surface area contributed by atoms with Crippen LogP contribution >= 0.6 is 0 Å². The highest BCUT2D eigenvalue weighted by Gasteiger charge is 2.45. The van der Waals surface area contributed by atoms with E-state index in [2.05, 4.69) is 0 Å². The van der Waals surface area contributed by atoms with E-state index in [0.29, 0.717) is 0 Å². The lowest BCUT2D eigenvalue weighted by Crippen LogP contribution is -2.60. The summed E-state index contributed by atoms with van der Waals surface area (Å²) >= 11 is 0. The molecule has 7 atom stereocenters. The van der Waals surface area contributed by atoms with Crippen molar-refractivity contribution in [1.29, 1.82) is 0 Å². The molecule has 0 unspecified atom stereocenters. The second kappa shape index (κ2) is 7.43. The molecule has 1 saturated heterocycles. The maximum Gasteiger partial charge on any atom is 0.187 e. The van der Waals surface area contributed by atoms with E-state index in [1.54, 1.807) is 0 Å². The number of ether oxygens (including phenoxy) is 2. The molecule has 1 aliphatic heterocycles. The summed E-state index contributed by atoms with van der Waals surface area (Å²) in [6.45, 7) is -1.95. The Morgan fingerprint density at radius 3 is 2.05 bits per heavy atom. The molecule has 1 fully saturated rings. The minimum atomic E-state index is -1.63. The van der Waals surface area contributed by atoms with Crippen LogP contribution in [0.3, 0.4) is 0 Å². The number of hydrogen-bond acceptors (Lipinski definition) is 9. The molecule has 7 N–H and O–H groups in total. The first kappa shape index (κ1) is 16.7. The van der Waals surface area contributed by atoms with Gasteiger partial charge in [0.1, 0.15) is 36.6 Å². The van der Waals surface area contributed by atoms with Crippen LogP contribution in [0.5, 0.6) is 0 Å². The quantitative estimate of drug-likeness (QED) is 0.255. The molecule has 0 saturated carbocycles. The summed E-state index contributed by atoms with van der Waals surface area (Å²) in [6.07, 6.45) is -10.0. The van der Waals surface area contributed by atoms with Gasteiger partial charge in [-0.05, 0) is 0 Å². The summed E-state index contributed by atoms with van der Waals surface area (Å²) in [7, 11) is 0. The van der Waals surface area contributed by atoms with Crippen molar-refractivity contribution in [3.05, 3.63) is 0 Å². The van der Waals surface area contributed by atoms with Crippen molar-refractivity contribution < 1.29 is 45.2 Å². The predicted octanol–water partition coefficient (Wildman–Crippen LogP) is -4.48. The summed E-state index contributed by atoms with van der Waals surface area (Å²) < 4.78 is 10.1. The molecule has 9 nitrogen and oxygen atoms in total. The predicted molar refractivity (Wildman–Crippen MR) is 58.8 cm³/mol. The Morgan fingerprint density at radius 1 is 0.947 bits per heavy atom. The third-order valence-corrected chi connectivity index (χ3v) is 2.95. The zero-order valence-electron chi connectivity index (χ0n) is 10.1. The SMILES string of the molecule is OC[C@H](O)[C@@H](CO)O[C@@H]1O[C@H](CO)[C@@H](O)[C@H](O)[C@H]1O. The van der Waals surface area contributed by atoms with Crippen molar-refractivity contribution in [3.8, 4) is 0 Å². The van der Waals surface area contributed by atoms with Crippen molar-refractivity contribution in [3.63, 3.8) is 0 Å². The van der Waals surface area contributed by atoms with Gasteiger partial charge < -0.3 is 45.2 Å². The van der Waals surface area contributed by atoms with Gasteiger partial charge in [-0.2, -0.15) is 0 Å². The van der Waals surface area contributed by atoms with Gasteiger partial charge in [0.15, 0.2) is 6.29 Å². The molecule has 0 amide bonds. The minimum Gasteiger partial charge on any atom is -0.394 e. The molecule has 1 rings (SSSR count). The highest BCUT2D eigenvalue weighted by Crippen LogP contribution is 2.23. The van der Waals surface area contributed by atoms with E-state index in [-0.39, 0.29) is 0 Å². The molecule has 0 aliphatic carbocycles. The fourth-order valence-corrected chi connectivity index (χ4v) is 1.73. The van der Waals surface area contributed by atoms with Gasteiger partial charge in [-0.15, -0.1) is 0 Å². The van der Waals surface area contributed by atoms with Gasteiger partial charge >= 0.3 is 0 Å². The highest BCUT2D eigenvalue weighted by molar-refractivity contribution is 4.89. The van der Waals surface area contributed by atoms with E-state index in [1.165, 1.54) is 0 Å². The third-order valence-electron chi connectivity index (χ3n) is 2.95. The van der Waals surface area contributed by atoms with Crippen LogP contribution in [0.1, 0.15) is 0 Å². The molecular weight excluding hydrogens is 264 g/mol. The lowest BCUT2D eigenvalue weighted by Gasteiger charge is -2.41. The first-order chi connectivity index (χ1) is 8.96. The Balaban J connectivity index is 2.70. The van der Waals surface area contributed by atoms with Gasteiger partial charge in [0.25, 0.3) is 0 Å². The van der Waals surface area contributed by atoms with Crippen molar-refractivity contribution >= 4 is 0 Å². The van der Waals surface area contributed by atoms with Crippen molar-refractivity contribution in [2.24, 2.45) is 0 Å². The molecule has 114 valence electrons. The first-order valence-corrected chi connectivity index (χ1v) is 5.82. The van der Waals surface area contributed by atoms with Gasteiger partial charge in [-0.3, -0.25) is 0 Å². The van der Waals surface area contributed by atoms with E-state index in [1.807, 2.05) is 0 Å². The van der Waals surface area contributed by atoms with Gasteiger partial charge in [0.05, 0.1) is 19.8 Å². The Bertz CT molecular complexity index is 261. The number of hydrogen-bond donors (Lipinski definition) is 7. The van der Waals surface area contributed by atoms with Crippen LogP contribution in [0, 0.1) is 0 Å². The average molecular weight is 284 g/mol. The number of aliphatic hydroxyl groups excluding tert-OH is 7. The van der Waals surface area contributed by atoms with E-state index in [0.717, 1.165) is 0 Å². The smallest absolute Gasteiger partial charge is 0.187 e. The number of aliphatic hydroxyl groups is 7. The monoisotopic (exact) mass is 284 g/mol. The topological polar surface area (TPSA) is 160 Å². The molecule has 19 heavy (non-hydrogen) atoms. The van der Waals surface area contributed by atoms with Crippen LogP contribution < -0.4 is 0 Å². The second-order valence-corrected chi connectivity index (χ2v) is 4.30. The molecule has 1 heterocycles. The van der Waals surface area contributed by atoms with Crippen LogP contribution in [-0.4, -0.2) is 98.5 Å². The lowest BCUT2D eigenvalue weighted by atomic mass is 9.99. The van der Waals surface area contributed by atoms with Crippen molar-refractivity contribution in [2.75, 3.05) is 19.8 Å². The lowest BCUT2D eigenvalue weighted by molar-refractivity contribution is -0.319. The van der Waals surface area contributed by atoms with Crippen LogP contribution in [0.2, 0.25) is 0 Å². The number of rotatable bonds is 6. The molecule has 1 aliphatic rings. The van der Waals surface area contributed by atoms with Crippen LogP contribution in [0.15, 0.2) is 0 Å². The normalized spacial score (nSPS) is 39.0. The molecule has 0 radical (unpaired) electrons. The van der Waals surface area contributed by atoms with Crippen LogP contribution in [0.25, 0.3) is 0 Å². The Kier molecular flexibility index (Phi) is 6.53. The standard InChI is InChI=1S/C10H20O9/c11-1-4(14)5(2-12)18-10-9(17)8(16)7(15)6(3-13)19-10/h4-17H,1-3H2/t4-,5+,6+,7+,8-,9+,10+/m0/s1. The van der Waals surface area contributed by atoms with Crippen LogP contribution in [-0.2, 0) is 9.47 Å². The van der Waals surface area contributed by atoms with Crippen molar-refractivity contribution in [1.82, 2.24) is 0 Å². The van der Waals surface area contributed by atoms with Gasteiger partial charge in [0.2, 0.25) is 0 Å². The van der Waals surface area contributed by atoms with Gasteiger partial charge in [0, 0.05) is 0 Å². The molecule has 0 aromatic rings. The molecular formula is C10H20O9. The van der Waals surface area contributed by atoms with E-state index in [9.17, 15) is 20.4 Å². The maximum absolute atomic E-state index is 9.65. The zero-order chi connectivity index (χ0) is 14.6. The second-order valence-electron chi connectivity index (χ2n) is 4.30. The average Bonchev–Trinajstić information content (AvgIpc) is 2.43. The zero-order valence-corrected chi connectivity index (χ0v) is 10.1. The molecule has 9 heteroatoms. The largest absolute Gasteiger partial charge is 0.394 e. The fourth-order valence-electron chi connectivity index (χ4n) is 1.73. The summed E-state index contributed by atoms with van der Waals surface area (Å²) in [5.74, 6) is 0. The summed E-state index contributed by atoms with van der Waals surface area (Å²) in [6, 6.07) is 0. The van der Waals surface area contributed by atoms with Gasteiger partial charge in [-0.25, -0.2) is 0 Å². The Hall–Kier alpha value is -0.360. The molecule has 0 aromatic carbocycles. The first-order valence-electron chi connectivity index (χ1n) is 5.82. The van der Waals surface area contributed by atoms with Gasteiger partial charge in [-0.1, -0.05) is 0 Å². The molecule has 0 spiro atoms. The molecule has 0 aromatic heterocycles. The van der Waals surface area contributed by atoms with E-state index >= 15 is 0 Å². The maximum atomic E-state index is 9.65. The van der Waals surface area contributed by atoms with Crippen LogP contribution in [0.4, 0.5) is 0 Å². The fraction of sp³-hybridized carbons (Fsp3) is 1.00. The summed E-state index contributed by atoms with van der Waals surface area (Å²) in [5.41, 5.74) is 0. The minimum absolute atomic E-state index is 0.614.